The van der Waals surface area contributed by atoms with Crippen LogP contribution in [0.2, 0.25) is 0 Å². The van der Waals surface area contributed by atoms with E-state index in [1.807, 2.05) is 85.8 Å². The van der Waals surface area contributed by atoms with Crippen LogP contribution in [0.5, 0.6) is 0 Å². The molecule has 4 aromatic rings. The van der Waals surface area contributed by atoms with Gasteiger partial charge >= 0.3 is 0 Å². The number of nitrogens with one attached hydrogen (secondary N) is 3. The summed E-state index contributed by atoms with van der Waals surface area (Å²) in [6, 6.07) is 27.2. The molecule has 4 rings (SSSR count). The predicted molar refractivity (Wildman–Crippen MR) is 142 cm³/mol. The van der Waals surface area contributed by atoms with Crippen molar-refractivity contribution >= 4 is 52.2 Å². The summed E-state index contributed by atoms with van der Waals surface area (Å²) in [7, 11) is 0. The van der Waals surface area contributed by atoms with E-state index in [0.29, 0.717) is 16.7 Å². The minimum atomic E-state index is -0.480. The minimum Gasteiger partial charge on any atom is -0.360 e. The lowest BCUT2D eigenvalue weighted by atomic mass is 10.1. The molecule has 0 saturated heterocycles. The highest BCUT2D eigenvalue weighted by Crippen LogP contribution is 2.37. The molecule has 1 unspecified atom stereocenters. The Morgan fingerprint density at radius 3 is 2.32 bits per heavy atom. The number of aromatic nitrogens is 1. The van der Waals surface area contributed by atoms with Crippen molar-refractivity contribution in [1.82, 2.24) is 5.16 Å². The zero-order valence-corrected chi connectivity index (χ0v) is 20.4. The first-order valence-electron chi connectivity index (χ1n) is 10.7. The molecule has 3 N–H and O–H groups in total. The molecule has 3 aromatic carbocycles. The molecule has 0 aliphatic carbocycles. The zero-order chi connectivity index (χ0) is 23.9. The number of carbonyl (C=O) groups excluding carboxylic acids is 1. The van der Waals surface area contributed by atoms with Crippen molar-refractivity contribution < 1.29 is 9.32 Å². The van der Waals surface area contributed by atoms with Crippen molar-refractivity contribution in [2.75, 3.05) is 16.0 Å². The maximum atomic E-state index is 13.2. The minimum absolute atomic E-state index is 0.181. The summed E-state index contributed by atoms with van der Waals surface area (Å²) in [6.07, 6.45) is 0. The number of benzene rings is 3. The first-order valence-corrected chi connectivity index (χ1v) is 12.0. The van der Waals surface area contributed by atoms with Crippen molar-refractivity contribution in [3.8, 4) is 0 Å². The fourth-order valence-corrected chi connectivity index (χ4v) is 4.55. The van der Waals surface area contributed by atoms with Gasteiger partial charge in [-0.1, -0.05) is 59.3 Å². The highest BCUT2D eigenvalue weighted by atomic mass is 32.2. The average Bonchev–Trinajstić information content (AvgIpc) is 3.24. The fourth-order valence-electron chi connectivity index (χ4n) is 3.23. The highest BCUT2D eigenvalue weighted by molar-refractivity contribution is 8.00. The number of amides is 1. The van der Waals surface area contributed by atoms with Gasteiger partial charge < -0.3 is 20.5 Å². The molecule has 0 bridgehead atoms. The van der Waals surface area contributed by atoms with E-state index < -0.39 is 5.25 Å². The van der Waals surface area contributed by atoms with Gasteiger partial charge in [-0.25, -0.2) is 0 Å². The number of thiocarbonyl (C=S) groups is 1. The summed E-state index contributed by atoms with van der Waals surface area (Å²) in [4.78, 5) is 14.1. The van der Waals surface area contributed by atoms with Crippen molar-refractivity contribution in [2.45, 2.75) is 24.0 Å². The monoisotopic (exact) mass is 488 g/mol. The molecule has 0 fully saturated rings. The lowest BCUT2D eigenvalue weighted by molar-refractivity contribution is -0.115. The Labute approximate surface area is 208 Å². The van der Waals surface area contributed by atoms with Crippen molar-refractivity contribution in [3.05, 3.63) is 102 Å². The van der Waals surface area contributed by atoms with Gasteiger partial charge in [0.1, 0.15) is 11.0 Å². The van der Waals surface area contributed by atoms with Gasteiger partial charge in [-0.05, 0) is 62.0 Å². The van der Waals surface area contributed by atoms with E-state index in [4.69, 9.17) is 16.7 Å². The van der Waals surface area contributed by atoms with E-state index in [1.165, 1.54) is 17.3 Å². The number of thioether (sulfide) groups is 1. The van der Waals surface area contributed by atoms with Gasteiger partial charge in [0.2, 0.25) is 5.91 Å². The van der Waals surface area contributed by atoms with Crippen LogP contribution in [-0.2, 0) is 4.79 Å². The van der Waals surface area contributed by atoms with Crippen LogP contribution in [-0.4, -0.2) is 16.2 Å². The second kappa shape index (κ2) is 11.0. The third-order valence-electron chi connectivity index (χ3n) is 4.87. The Morgan fingerprint density at radius 2 is 1.62 bits per heavy atom. The molecular weight excluding hydrogens is 464 g/mol. The number of hydrogen-bond acceptors (Lipinski definition) is 5. The Kier molecular flexibility index (Phi) is 7.61. The molecule has 8 heteroatoms. The van der Waals surface area contributed by atoms with E-state index in [-0.39, 0.29) is 5.91 Å². The number of anilines is 3. The maximum Gasteiger partial charge on any atom is 0.243 e. The molecule has 1 heterocycles. The van der Waals surface area contributed by atoms with Crippen LogP contribution >= 0.6 is 24.0 Å². The Hall–Kier alpha value is -3.62. The van der Waals surface area contributed by atoms with Gasteiger partial charge in [-0.2, -0.15) is 0 Å². The highest BCUT2D eigenvalue weighted by Gasteiger charge is 2.23. The number of nitrogens with zero attached hydrogens (tertiary/aromatic N) is 1. The van der Waals surface area contributed by atoms with E-state index in [2.05, 4.69) is 21.1 Å². The summed E-state index contributed by atoms with van der Waals surface area (Å²) in [6.45, 7) is 3.82. The molecule has 1 atom stereocenters. The van der Waals surface area contributed by atoms with Crippen molar-refractivity contribution in [2.24, 2.45) is 0 Å². The molecule has 0 aliphatic heterocycles. The third kappa shape index (κ3) is 6.46. The first kappa shape index (κ1) is 23.5. The standard InChI is InChI=1S/C26H24N4O2S2/c1-17-11-13-20(14-12-17)27-26(33)28-21-9-6-10-22(16-21)34-24(19-7-4-3-5-8-19)25(31)29-23-15-18(2)32-30-23/h3-16,24H,1-2H3,(H2,27,28,33)(H,29,30,31). The molecule has 0 radical (unpaired) electrons. The van der Waals surface area contributed by atoms with Gasteiger partial charge in [-0.3, -0.25) is 4.79 Å². The van der Waals surface area contributed by atoms with Crippen LogP contribution in [0.4, 0.5) is 17.2 Å². The van der Waals surface area contributed by atoms with E-state index in [0.717, 1.165) is 21.8 Å². The summed E-state index contributed by atoms with van der Waals surface area (Å²) >= 11 is 6.91. The average molecular weight is 489 g/mol. The molecule has 0 aliphatic rings. The smallest absolute Gasteiger partial charge is 0.243 e. The summed E-state index contributed by atoms with van der Waals surface area (Å²) in [5.41, 5.74) is 3.82. The summed E-state index contributed by atoms with van der Waals surface area (Å²) < 4.78 is 5.07. The van der Waals surface area contributed by atoms with Crippen LogP contribution in [0.3, 0.4) is 0 Å². The molecule has 1 amide bonds. The Morgan fingerprint density at radius 1 is 0.882 bits per heavy atom. The molecular formula is C26H24N4O2S2. The zero-order valence-electron chi connectivity index (χ0n) is 18.7. The quantitative estimate of drug-likeness (QED) is 0.200. The van der Waals surface area contributed by atoms with Crippen LogP contribution in [0.25, 0.3) is 0 Å². The molecule has 172 valence electrons. The maximum absolute atomic E-state index is 13.2. The van der Waals surface area contributed by atoms with Crippen LogP contribution in [0.1, 0.15) is 22.1 Å². The molecule has 0 saturated carbocycles. The van der Waals surface area contributed by atoms with Crippen molar-refractivity contribution in [1.29, 1.82) is 0 Å². The second-order valence-electron chi connectivity index (χ2n) is 7.69. The van der Waals surface area contributed by atoms with Crippen molar-refractivity contribution in [3.63, 3.8) is 0 Å². The van der Waals surface area contributed by atoms with Gasteiger partial charge in [0.15, 0.2) is 10.9 Å². The fraction of sp³-hybridized carbons (Fsp3) is 0.115. The van der Waals surface area contributed by atoms with Gasteiger partial charge in [0.25, 0.3) is 0 Å². The molecule has 0 spiro atoms. The largest absolute Gasteiger partial charge is 0.360 e. The second-order valence-corrected chi connectivity index (χ2v) is 9.28. The van der Waals surface area contributed by atoms with Gasteiger partial charge in [-0.15, -0.1) is 11.8 Å². The first-order chi connectivity index (χ1) is 16.5. The topological polar surface area (TPSA) is 79.2 Å². The van der Waals surface area contributed by atoms with Crippen LogP contribution < -0.4 is 16.0 Å². The Balaban J connectivity index is 1.48. The lowest BCUT2D eigenvalue weighted by Gasteiger charge is -2.17. The van der Waals surface area contributed by atoms with Gasteiger partial charge in [0, 0.05) is 22.3 Å². The molecule has 1 aromatic heterocycles. The molecule has 34 heavy (non-hydrogen) atoms. The van der Waals surface area contributed by atoms with E-state index in [1.54, 1.807) is 13.0 Å². The number of carbonyl (C=O) groups is 1. The molecule has 6 nitrogen and oxygen atoms in total. The normalized spacial score (nSPS) is 11.5. The van der Waals surface area contributed by atoms with Crippen LogP contribution in [0.15, 0.2) is 94.3 Å². The van der Waals surface area contributed by atoms with E-state index in [9.17, 15) is 4.79 Å². The SMILES string of the molecule is Cc1ccc(NC(=S)Nc2cccc(SC(C(=O)Nc3cc(C)on3)c3ccccc3)c2)cc1. The summed E-state index contributed by atoms with van der Waals surface area (Å²) in [5, 5.41) is 13.1. The van der Waals surface area contributed by atoms with E-state index >= 15 is 0 Å². The number of rotatable bonds is 7. The summed E-state index contributed by atoms with van der Waals surface area (Å²) in [5.74, 6) is 0.847. The predicted octanol–water partition coefficient (Wildman–Crippen LogP) is 6.57. The number of aryl methyl sites for hydroxylation is 2. The van der Waals surface area contributed by atoms with Gasteiger partial charge in [0.05, 0.1) is 0 Å². The Bertz CT molecular complexity index is 1270. The number of hydrogen-bond donors (Lipinski definition) is 3. The third-order valence-corrected chi connectivity index (χ3v) is 6.33. The lowest BCUT2D eigenvalue weighted by Crippen LogP contribution is -2.19. The van der Waals surface area contributed by atoms with Crippen LogP contribution in [0, 0.1) is 13.8 Å².